The molecule has 6 aromatic carbocycles. The minimum Gasteiger partial charge on any atom is -0.455 e. The first-order chi connectivity index (χ1) is 19.3. The van der Waals surface area contributed by atoms with Crippen LogP contribution < -0.4 is 0 Å². The van der Waals surface area contributed by atoms with Crippen molar-refractivity contribution in [2.45, 2.75) is 0 Å². The van der Waals surface area contributed by atoms with Gasteiger partial charge in [0.05, 0.1) is 16.7 Å². The highest BCUT2D eigenvalue weighted by molar-refractivity contribution is 6.21. The molecule has 0 saturated carbocycles. The Bertz CT molecular complexity index is 2320. The van der Waals surface area contributed by atoms with Crippen LogP contribution in [0.4, 0.5) is 0 Å². The van der Waals surface area contributed by atoms with Crippen molar-refractivity contribution in [2.24, 2.45) is 0 Å². The quantitative estimate of drug-likeness (QED) is 0.237. The molecule has 9 aromatic rings. The molecule has 4 nitrogen and oxygen atoms in total. The summed E-state index contributed by atoms with van der Waals surface area (Å²) in [5, 5.41) is 6.73. The van der Waals surface area contributed by atoms with Crippen LogP contribution in [0.15, 0.2) is 130 Å². The molecule has 0 unspecified atom stereocenters. The second kappa shape index (κ2) is 7.59. The average molecular weight is 501 g/mol. The van der Waals surface area contributed by atoms with Crippen LogP contribution in [0.3, 0.4) is 0 Å². The number of aromatic nitrogens is 2. The first-order valence-electron chi connectivity index (χ1n) is 13.1. The number of furan rings is 1. The average Bonchev–Trinajstić information content (AvgIpc) is 3.68. The first kappa shape index (κ1) is 20.7. The van der Waals surface area contributed by atoms with Crippen LogP contribution in [0, 0.1) is 0 Å². The van der Waals surface area contributed by atoms with Gasteiger partial charge in [0.15, 0.2) is 5.58 Å². The predicted molar refractivity (Wildman–Crippen MR) is 159 cm³/mol. The highest BCUT2D eigenvalue weighted by atomic mass is 16.3. The molecule has 0 atom stereocenters. The molecule has 3 heterocycles. The summed E-state index contributed by atoms with van der Waals surface area (Å²) in [5.41, 5.74) is 7.69. The maximum atomic E-state index is 6.57. The molecule has 9 rings (SSSR count). The van der Waals surface area contributed by atoms with Gasteiger partial charge in [-0.15, -0.1) is 0 Å². The van der Waals surface area contributed by atoms with E-state index >= 15 is 0 Å². The molecular weight excluding hydrogens is 480 g/mol. The molecule has 3 aromatic heterocycles. The summed E-state index contributed by atoms with van der Waals surface area (Å²) in [6, 6.07) is 42.0. The zero-order valence-corrected chi connectivity index (χ0v) is 20.8. The molecule has 182 valence electrons. The van der Waals surface area contributed by atoms with E-state index in [1.54, 1.807) is 0 Å². The van der Waals surface area contributed by atoms with Crippen LogP contribution in [-0.2, 0) is 0 Å². The van der Waals surface area contributed by atoms with Gasteiger partial charge in [-0.2, -0.15) is 0 Å². The van der Waals surface area contributed by atoms with Gasteiger partial charge in [0.1, 0.15) is 16.7 Å². The lowest BCUT2D eigenvalue weighted by atomic mass is 10.0. The van der Waals surface area contributed by atoms with Crippen molar-refractivity contribution >= 4 is 65.6 Å². The van der Waals surface area contributed by atoms with Crippen LogP contribution in [0.25, 0.3) is 82.8 Å². The van der Waals surface area contributed by atoms with E-state index in [4.69, 9.17) is 13.8 Å². The molecule has 0 fully saturated rings. The van der Waals surface area contributed by atoms with E-state index < -0.39 is 0 Å². The largest absolute Gasteiger partial charge is 0.455 e. The summed E-state index contributed by atoms with van der Waals surface area (Å²) in [4.78, 5) is 4.82. The van der Waals surface area contributed by atoms with E-state index in [2.05, 4.69) is 89.5 Å². The molecule has 0 saturated heterocycles. The fourth-order valence-corrected chi connectivity index (χ4v) is 6.16. The van der Waals surface area contributed by atoms with E-state index in [0.717, 1.165) is 55.1 Å². The zero-order chi connectivity index (χ0) is 25.5. The van der Waals surface area contributed by atoms with Crippen LogP contribution in [-0.4, -0.2) is 9.55 Å². The van der Waals surface area contributed by atoms with Crippen LogP contribution >= 0.6 is 0 Å². The summed E-state index contributed by atoms with van der Waals surface area (Å²) < 4.78 is 15.2. The molecule has 0 radical (unpaired) electrons. The number of hydrogen-bond acceptors (Lipinski definition) is 3. The smallest absolute Gasteiger partial charge is 0.228 e. The van der Waals surface area contributed by atoms with Gasteiger partial charge in [-0.1, -0.05) is 78.9 Å². The van der Waals surface area contributed by atoms with Crippen LogP contribution in [0.1, 0.15) is 0 Å². The molecule has 4 heteroatoms. The SMILES string of the molecule is c1ccc2oc(-c3cccc4oc5c6ccccc6c(-n6c7ccccc7c7ccccc76)cc5c34)nc2c1. The van der Waals surface area contributed by atoms with Crippen LogP contribution in [0.2, 0.25) is 0 Å². The standard InChI is InChI=1S/C35H20N2O2/c1-2-13-24-23(12-1)30(37-28-16-6-3-10-21(28)22-11-4-7-17-29(22)37)20-26-33-25(14-9-19-32(33)38-34(24)26)35-36-27-15-5-8-18-31(27)39-35/h1-20H. The van der Waals surface area contributed by atoms with Crippen molar-refractivity contribution in [3.63, 3.8) is 0 Å². The molecular formula is C35H20N2O2. The molecule has 0 aliphatic heterocycles. The lowest BCUT2D eigenvalue weighted by molar-refractivity contribution is 0.620. The van der Waals surface area contributed by atoms with Crippen molar-refractivity contribution in [3.05, 3.63) is 121 Å². The Morgan fingerprint density at radius 1 is 0.513 bits per heavy atom. The maximum Gasteiger partial charge on any atom is 0.228 e. The first-order valence-corrected chi connectivity index (χ1v) is 13.1. The Balaban J connectivity index is 1.45. The highest BCUT2D eigenvalue weighted by Crippen LogP contribution is 2.43. The van der Waals surface area contributed by atoms with Gasteiger partial charge in [0.2, 0.25) is 5.89 Å². The zero-order valence-electron chi connectivity index (χ0n) is 20.8. The number of rotatable bonds is 2. The van der Waals surface area contributed by atoms with Gasteiger partial charge in [0, 0.05) is 37.9 Å². The number of para-hydroxylation sites is 4. The Morgan fingerprint density at radius 3 is 1.92 bits per heavy atom. The monoisotopic (exact) mass is 500 g/mol. The van der Waals surface area contributed by atoms with Gasteiger partial charge >= 0.3 is 0 Å². The molecule has 0 amide bonds. The lowest BCUT2D eigenvalue weighted by Gasteiger charge is -2.12. The number of oxazole rings is 1. The van der Waals surface area contributed by atoms with E-state index in [1.165, 1.54) is 21.8 Å². The van der Waals surface area contributed by atoms with E-state index in [9.17, 15) is 0 Å². The number of benzene rings is 6. The summed E-state index contributed by atoms with van der Waals surface area (Å²) >= 11 is 0. The highest BCUT2D eigenvalue weighted by Gasteiger charge is 2.21. The summed E-state index contributed by atoms with van der Waals surface area (Å²) in [6.45, 7) is 0. The second-order valence-electron chi connectivity index (χ2n) is 9.96. The van der Waals surface area contributed by atoms with E-state index in [1.807, 2.05) is 36.4 Å². The third-order valence-corrected chi connectivity index (χ3v) is 7.83. The Labute approximate surface area is 222 Å². The molecule has 0 N–H and O–H groups in total. The Hall–Kier alpha value is -5.35. The van der Waals surface area contributed by atoms with E-state index in [-0.39, 0.29) is 0 Å². The van der Waals surface area contributed by atoms with Gasteiger partial charge in [0.25, 0.3) is 0 Å². The molecule has 39 heavy (non-hydrogen) atoms. The number of hydrogen-bond donors (Lipinski definition) is 0. The fraction of sp³-hybridized carbons (Fsp3) is 0. The summed E-state index contributed by atoms with van der Waals surface area (Å²) in [5.74, 6) is 0.594. The molecule has 0 aliphatic rings. The number of nitrogens with zero attached hydrogens (tertiary/aromatic N) is 2. The van der Waals surface area contributed by atoms with Gasteiger partial charge in [-0.25, -0.2) is 4.98 Å². The molecule has 0 spiro atoms. The minimum atomic E-state index is 0.594. The molecule has 0 bridgehead atoms. The Kier molecular flexibility index (Phi) is 4.02. The third-order valence-electron chi connectivity index (χ3n) is 7.83. The molecule has 0 aliphatic carbocycles. The van der Waals surface area contributed by atoms with E-state index in [0.29, 0.717) is 5.89 Å². The topological polar surface area (TPSA) is 44.1 Å². The van der Waals surface area contributed by atoms with Crippen molar-refractivity contribution in [1.29, 1.82) is 0 Å². The van der Waals surface area contributed by atoms with Crippen molar-refractivity contribution in [2.75, 3.05) is 0 Å². The van der Waals surface area contributed by atoms with Crippen LogP contribution in [0.5, 0.6) is 0 Å². The Morgan fingerprint density at radius 2 is 1.15 bits per heavy atom. The second-order valence-corrected chi connectivity index (χ2v) is 9.96. The van der Waals surface area contributed by atoms with Crippen molar-refractivity contribution in [1.82, 2.24) is 9.55 Å². The lowest BCUT2D eigenvalue weighted by Crippen LogP contribution is -1.95. The summed E-state index contributed by atoms with van der Waals surface area (Å²) in [7, 11) is 0. The third kappa shape index (κ3) is 2.80. The van der Waals surface area contributed by atoms with Crippen molar-refractivity contribution in [3.8, 4) is 17.1 Å². The maximum absolute atomic E-state index is 6.57. The summed E-state index contributed by atoms with van der Waals surface area (Å²) in [6.07, 6.45) is 0. The number of fused-ring (bicyclic) bond motifs is 9. The van der Waals surface area contributed by atoms with Gasteiger partial charge in [-0.3, -0.25) is 0 Å². The van der Waals surface area contributed by atoms with Crippen molar-refractivity contribution < 1.29 is 8.83 Å². The van der Waals surface area contributed by atoms with Gasteiger partial charge in [-0.05, 0) is 42.5 Å². The minimum absolute atomic E-state index is 0.594. The predicted octanol–water partition coefficient (Wildman–Crippen LogP) is 9.64. The van der Waals surface area contributed by atoms with Gasteiger partial charge < -0.3 is 13.4 Å². The normalized spacial score (nSPS) is 12.1. The fourth-order valence-electron chi connectivity index (χ4n) is 6.16.